The molecule has 1 aliphatic heterocycles. The van der Waals surface area contributed by atoms with E-state index in [0.717, 1.165) is 5.56 Å². The van der Waals surface area contributed by atoms with E-state index in [4.69, 9.17) is 15.2 Å². The second-order valence-corrected chi connectivity index (χ2v) is 8.97. The van der Waals surface area contributed by atoms with E-state index in [-0.39, 0.29) is 22.4 Å². The number of hydrogen-bond acceptors (Lipinski definition) is 10. The van der Waals surface area contributed by atoms with Crippen molar-refractivity contribution in [2.75, 3.05) is 18.9 Å². The Labute approximate surface area is 189 Å². The first kappa shape index (κ1) is 23.1. The van der Waals surface area contributed by atoms with Gasteiger partial charge in [-0.05, 0) is 17.0 Å². The van der Waals surface area contributed by atoms with Crippen molar-refractivity contribution in [1.29, 1.82) is 0 Å². The fraction of sp³-hybridized carbons (Fsp3) is 0.455. The Morgan fingerprint density at radius 1 is 1.24 bits per heavy atom. The zero-order valence-corrected chi connectivity index (χ0v) is 18.5. The van der Waals surface area contributed by atoms with Gasteiger partial charge in [0.2, 0.25) is 11.5 Å². The number of hydrogen-bond donors (Lipinski definition) is 4. The van der Waals surface area contributed by atoms with E-state index in [1.165, 1.54) is 17.2 Å². The topological polar surface area (TPSA) is 166 Å². The molecule has 0 bridgehead atoms. The summed E-state index contributed by atoms with van der Waals surface area (Å²) in [5, 5.41) is 31.1. The number of rotatable bonds is 6. The average molecular weight is 457 g/mol. The molecule has 11 heteroatoms. The zero-order chi connectivity index (χ0) is 24.0. The predicted octanol–water partition coefficient (Wildman–Crippen LogP) is 0.120. The van der Waals surface area contributed by atoms with Crippen molar-refractivity contribution >= 4 is 22.8 Å². The highest BCUT2D eigenvalue weighted by atomic mass is 16.6. The van der Waals surface area contributed by atoms with Crippen LogP contribution in [0.1, 0.15) is 26.3 Å². The maximum Gasteiger partial charge on any atom is 0.240 e. The monoisotopic (exact) mass is 457 g/mol. The Hall–Kier alpha value is -3.12. The van der Waals surface area contributed by atoms with Gasteiger partial charge in [-0.3, -0.25) is 9.36 Å². The normalized spacial score (nSPS) is 25.5. The van der Waals surface area contributed by atoms with Gasteiger partial charge in [-0.1, -0.05) is 39.0 Å². The fourth-order valence-electron chi connectivity index (χ4n) is 4.07. The summed E-state index contributed by atoms with van der Waals surface area (Å²) in [4.78, 5) is 25.8. The van der Waals surface area contributed by atoms with Gasteiger partial charge in [0, 0.05) is 0 Å². The van der Waals surface area contributed by atoms with Crippen LogP contribution in [-0.4, -0.2) is 72.1 Å². The molecule has 11 nitrogen and oxygen atoms in total. The fourth-order valence-corrected chi connectivity index (χ4v) is 4.07. The molecule has 0 aliphatic carbocycles. The minimum Gasteiger partial charge on any atom is -0.485 e. The van der Waals surface area contributed by atoms with Gasteiger partial charge in [-0.25, -0.2) is 15.0 Å². The van der Waals surface area contributed by atoms with Crippen molar-refractivity contribution in [2.45, 2.75) is 50.2 Å². The number of anilines is 1. The Bertz CT molecular complexity index is 1180. The first-order valence-corrected chi connectivity index (χ1v) is 10.5. The van der Waals surface area contributed by atoms with E-state index >= 15 is 0 Å². The summed E-state index contributed by atoms with van der Waals surface area (Å²) >= 11 is 0. The molecule has 1 aliphatic rings. The number of ketones is 1. The van der Waals surface area contributed by atoms with Gasteiger partial charge in [-0.2, -0.15) is 0 Å². The molecule has 33 heavy (non-hydrogen) atoms. The largest absolute Gasteiger partial charge is 0.485 e. The minimum absolute atomic E-state index is 0.0726. The SMILES string of the molecule is CC(C)(C)c1ccccc1OCC(=O)[C@@]1(n2cnc3c(N)ncnc32)O[C@H](CO)[C@@H](O)[C@H]1O. The number of nitrogens with zero attached hydrogens (tertiary/aromatic N) is 4. The molecule has 0 amide bonds. The highest BCUT2D eigenvalue weighted by Gasteiger charge is 2.60. The van der Waals surface area contributed by atoms with E-state index in [9.17, 15) is 20.1 Å². The lowest BCUT2D eigenvalue weighted by Crippen LogP contribution is -2.53. The molecular formula is C22H27N5O6. The lowest BCUT2D eigenvalue weighted by molar-refractivity contribution is -0.176. The van der Waals surface area contributed by atoms with Gasteiger partial charge in [0.15, 0.2) is 18.1 Å². The van der Waals surface area contributed by atoms with Crippen molar-refractivity contribution in [3.05, 3.63) is 42.5 Å². The number of carbonyl (C=O) groups excluding carboxylic acids is 1. The van der Waals surface area contributed by atoms with Crippen LogP contribution in [-0.2, 0) is 20.7 Å². The standard InChI is InChI=1S/C22H27N5O6/c1-21(2,3)12-6-4-5-7-13(12)32-9-15(29)22(18(31)17(30)14(8-28)33-22)27-11-26-16-19(23)24-10-25-20(16)27/h4-7,10-11,14,17-18,28,30-31H,8-9H2,1-3H3,(H2,23,24,25)/t14-,17-,18-,22-/m1/s1. The summed E-state index contributed by atoms with van der Waals surface area (Å²) in [7, 11) is 0. The van der Waals surface area contributed by atoms with Gasteiger partial charge >= 0.3 is 0 Å². The number of ether oxygens (including phenoxy) is 2. The molecule has 3 heterocycles. The van der Waals surface area contributed by atoms with Crippen LogP contribution in [0.15, 0.2) is 36.9 Å². The van der Waals surface area contributed by atoms with Crippen LogP contribution in [0.2, 0.25) is 0 Å². The minimum atomic E-state index is -2.15. The van der Waals surface area contributed by atoms with Crippen LogP contribution in [0, 0.1) is 0 Å². The Morgan fingerprint density at radius 2 is 1.97 bits per heavy atom. The van der Waals surface area contributed by atoms with E-state index in [0.29, 0.717) is 5.75 Å². The molecule has 1 aromatic carbocycles. The van der Waals surface area contributed by atoms with Gasteiger partial charge in [0.05, 0.1) is 6.61 Å². The van der Waals surface area contributed by atoms with Crippen LogP contribution in [0.4, 0.5) is 5.82 Å². The number of carbonyl (C=O) groups is 1. The zero-order valence-electron chi connectivity index (χ0n) is 18.5. The summed E-state index contributed by atoms with van der Waals surface area (Å²) in [6.45, 7) is 4.95. The highest BCUT2D eigenvalue weighted by Crippen LogP contribution is 2.39. The van der Waals surface area contributed by atoms with E-state index in [1.807, 2.05) is 32.9 Å². The second-order valence-electron chi connectivity index (χ2n) is 8.97. The van der Waals surface area contributed by atoms with Crippen molar-refractivity contribution in [3.8, 4) is 5.75 Å². The van der Waals surface area contributed by atoms with Crippen molar-refractivity contribution in [2.24, 2.45) is 0 Å². The van der Waals surface area contributed by atoms with Gasteiger partial charge in [0.25, 0.3) is 0 Å². The molecule has 1 saturated heterocycles. The number of para-hydroxylation sites is 1. The lowest BCUT2D eigenvalue weighted by Gasteiger charge is -2.32. The molecule has 0 unspecified atom stereocenters. The lowest BCUT2D eigenvalue weighted by atomic mass is 9.86. The summed E-state index contributed by atoms with van der Waals surface area (Å²) < 4.78 is 12.9. The predicted molar refractivity (Wildman–Crippen MR) is 117 cm³/mol. The third-order valence-corrected chi connectivity index (χ3v) is 5.79. The Morgan fingerprint density at radius 3 is 2.64 bits per heavy atom. The van der Waals surface area contributed by atoms with Crippen molar-refractivity contribution in [3.63, 3.8) is 0 Å². The first-order chi connectivity index (χ1) is 15.6. The number of nitrogens with two attached hydrogens (primary N) is 1. The molecule has 0 spiro atoms. The summed E-state index contributed by atoms with van der Waals surface area (Å²) in [5.41, 5.74) is 4.68. The first-order valence-electron chi connectivity index (χ1n) is 10.5. The maximum atomic E-state index is 13.6. The molecule has 0 radical (unpaired) electrons. The molecule has 4 rings (SSSR count). The molecule has 2 aromatic heterocycles. The molecule has 3 aromatic rings. The van der Waals surface area contributed by atoms with E-state index in [1.54, 1.807) is 12.1 Å². The molecule has 176 valence electrons. The van der Waals surface area contributed by atoms with Crippen LogP contribution in [0.25, 0.3) is 11.2 Å². The second kappa shape index (κ2) is 8.34. The van der Waals surface area contributed by atoms with Crippen LogP contribution in [0.3, 0.4) is 0 Å². The number of nitrogen functional groups attached to an aromatic ring is 1. The third-order valence-electron chi connectivity index (χ3n) is 5.79. The average Bonchev–Trinajstić information content (AvgIpc) is 3.33. The molecule has 0 saturated carbocycles. The summed E-state index contributed by atoms with van der Waals surface area (Å²) in [5.74, 6) is -0.129. The van der Waals surface area contributed by atoms with Crippen molar-refractivity contribution in [1.82, 2.24) is 19.5 Å². The van der Waals surface area contributed by atoms with Crippen LogP contribution in [0.5, 0.6) is 5.75 Å². The molecule has 1 fully saturated rings. The van der Waals surface area contributed by atoms with E-state index < -0.39 is 43.0 Å². The number of aliphatic hydroxyl groups excluding tert-OH is 3. The quantitative estimate of drug-likeness (QED) is 0.399. The number of benzene rings is 1. The van der Waals surface area contributed by atoms with E-state index in [2.05, 4.69) is 15.0 Å². The number of aromatic nitrogens is 4. The van der Waals surface area contributed by atoms with Gasteiger partial charge in [0.1, 0.15) is 42.2 Å². The van der Waals surface area contributed by atoms with Gasteiger partial charge in [-0.15, -0.1) is 0 Å². The third kappa shape index (κ3) is 3.72. The van der Waals surface area contributed by atoms with Crippen molar-refractivity contribution < 1.29 is 29.6 Å². The smallest absolute Gasteiger partial charge is 0.240 e. The van der Waals surface area contributed by atoms with Crippen LogP contribution < -0.4 is 10.5 Å². The summed E-state index contributed by atoms with van der Waals surface area (Å²) in [6, 6.07) is 7.33. The van der Waals surface area contributed by atoms with Gasteiger partial charge < -0.3 is 30.5 Å². The molecule has 4 atom stereocenters. The number of Topliss-reactive ketones (excluding diaryl/α,β-unsaturated/α-hetero) is 1. The Balaban J connectivity index is 1.76. The van der Waals surface area contributed by atoms with Crippen LogP contribution >= 0.6 is 0 Å². The molecular weight excluding hydrogens is 430 g/mol. The number of fused-ring (bicyclic) bond motifs is 1. The number of aliphatic hydroxyl groups is 3. The maximum absolute atomic E-state index is 13.6. The summed E-state index contributed by atoms with van der Waals surface area (Å²) in [6.07, 6.45) is -2.09. The molecule has 5 N–H and O–H groups in total. The number of imidazole rings is 1. The Kier molecular flexibility index (Phi) is 5.83. The highest BCUT2D eigenvalue weighted by molar-refractivity contribution is 5.90.